The van der Waals surface area contributed by atoms with Crippen LogP contribution in [0.15, 0.2) is 24.3 Å². The van der Waals surface area contributed by atoms with Crippen molar-refractivity contribution in [1.29, 1.82) is 0 Å². The van der Waals surface area contributed by atoms with Crippen molar-refractivity contribution in [2.45, 2.75) is 45.4 Å². The van der Waals surface area contributed by atoms with Gasteiger partial charge in [-0.05, 0) is 19.8 Å². The van der Waals surface area contributed by atoms with Gasteiger partial charge in [0.05, 0.1) is 0 Å². The molecule has 0 unspecified atom stereocenters. The van der Waals surface area contributed by atoms with Gasteiger partial charge in [0.25, 0.3) is 0 Å². The molecule has 1 saturated carbocycles. The van der Waals surface area contributed by atoms with Gasteiger partial charge in [0.2, 0.25) is 11.8 Å². The number of hydrogen-bond donors (Lipinski definition) is 0. The maximum absolute atomic E-state index is 12.5. The molecule has 2 amide bonds. The Balaban J connectivity index is 1.42. The first-order valence-corrected chi connectivity index (χ1v) is 9.71. The van der Waals surface area contributed by atoms with E-state index >= 15 is 0 Å². The Morgan fingerprint density at radius 1 is 0.885 bits per heavy atom. The van der Waals surface area contributed by atoms with Gasteiger partial charge in [-0.1, -0.05) is 42.7 Å². The summed E-state index contributed by atoms with van der Waals surface area (Å²) in [5.41, 5.74) is 1.78. The van der Waals surface area contributed by atoms with E-state index in [1.807, 2.05) is 36.1 Å². The van der Waals surface area contributed by atoms with Gasteiger partial charge < -0.3 is 9.80 Å². The highest BCUT2D eigenvalue weighted by Crippen LogP contribution is 2.27. The molecule has 1 saturated heterocycles. The Morgan fingerprint density at radius 3 is 2.08 bits per heavy atom. The fourth-order valence-electron chi connectivity index (χ4n) is 3.87. The van der Waals surface area contributed by atoms with Crippen molar-refractivity contribution < 1.29 is 14.4 Å². The third-order valence-electron chi connectivity index (χ3n) is 5.59. The van der Waals surface area contributed by atoms with Crippen LogP contribution in [0, 0.1) is 12.8 Å². The van der Waals surface area contributed by atoms with Gasteiger partial charge in [0.15, 0.2) is 5.78 Å². The number of benzene rings is 1. The number of aryl methyl sites for hydroxylation is 1. The molecule has 140 valence electrons. The van der Waals surface area contributed by atoms with Gasteiger partial charge in [-0.3, -0.25) is 14.4 Å². The first kappa shape index (κ1) is 18.6. The van der Waals surface area contributed by atoms with Crippen LogP contribution in [0.2, 0.25) is 0 Å². The molecule has 1 aliphatic carbocycles. The lowest BCUT2D eigenvalue weighted by atomic mass is 10.0. The molecular weight excluding hydrogens is 328 g/mol. The summed E-state index contributed by atoms with van der Waals surface area (Å²) in [6, 6.07) is 7.45. The van der Waals surface area contributed by atoms with Crippen molar-refractivity contribution in [2.75, 3.05) is 26.2 Å². The molecule has 2 fully saturated rings. The average Bonchev–Trinajstić information content (AvgIpc) is 3.20. The van der Waals surface area contributed by atoms with E-state index in [-0.39, 0.29) is 36.4 Å². The zero-order valence-electron chi connectivity index (χ0n) is 15.6. The second-order valence-electron chi connectivity index (χ2n) is 7.48. The van der Waals surface area contributed by atoms with E-state index in [1.165, 1.54) is 0 Å². The molecule has 1 aromatic rings. The lowest BCUT2D eigenvalue weighted by molar-refractivity contribution is -0.142. The third kappa shape index (κ3) is 4.51. The molecule has 2 aliphatic rings. The quantitative estimate of drug-likeness (QED) is 0.762. The first-order chi connectivity index (χ1) is 12.5. The summed E-state index contributed by atoms with van der Waals surface area (Å²) < 4.78 is 0. The molecule has 0 radical (unpaired) electrons. The smallest absolute Gasteiger partial charge is 0.225 e. The molecule has 5 nitrogen and oxygen atoms in total. The van der Waals surface area contributed by atoms with Gasteiger partial charge in [-0.15, -0.1) is 0 Å². The molecule has 3 rings (SSSR count). The fourth-order valence-corrected chi connectivity index (χ4v) is 3.87. The number of amides is 2. The summed E-state index contributed by atoms with van der Waals surface area (Å²) in [7, 11) is 0. The number of hydrogen-bond acceptors (Lipinski definition) is 3. The zero-order chi connectivity index (χ0) is 18.5. The Bertz CT molecular complexity index is 654. The van der Waals surface area contributed by atoms with Gasteiger partial charge in [-0.2, -0.15) is 0 Å². The number of carbonyl (C=O) groups excluding carboxylic acids is 3. The van der Waals surface area contributed by atoms with Gasteiger partial charge in [0.1, 0.15) is 0 Å². The zero-order valence-corrected chi connectivity index (χ0v) is 15.6. The minimum atomic E-state index is 0.00778. The van der Waals surface area contributed by atoms with Crippen LogP contribution in [0.3, 0.4) is 0 Å². The Labute approximate surface area is 155 Å². The van der Waals surface area contributed by atoms with Crippen molar-refractivity contribution in [1.82, 2.24) is 9.80 Å². The van der Waals surface area contributed by atoms with Gasteiger partial charge in [-0.25, -0.2) is 0 Å². The number of Topliss-reactive ketones (excluding diaryl/α,β-unsaturated/α-hetero) is 1. The van der Waals surface area contributed by atoms with Crippen LogP contribution >= 0.6 is 0 Å². The van der Waals surface area contributed by atoms with Crippen LogP contribution in [0.4, 0.5) is 0 Å². The average molecular weight is 356 g/mol. The monoisotopic (exact) mass is 356 g/mol. The van der Waals surface area contributed by atoms with Crippen molar-refractivity contribution in [2.24, 2.45) is 5.92 Å². The fraction of sp³-hybridized carbons (Fsp3) is 0.571. The van der Waals surface area contributed by atoms with Crippen molar-refractivity contribution >= 4 is 17.6 Å². The lowest BCUT2D eigenvalue weighted by Crippen LogP contribution is -2.51. The molecule has 1 aromatic carbocycles. The minimum absolute atomic E-state index is 0.00778. The summed E-state index contributed by atoms with van der Waals surface area (Å²) in [5, 5.41) is 0. The predicted octanol–water partition coefficient (Wildman–Crippen LogP) is 2.82. The van der Waals surface area contributed by atoms with E-state index in [4.69, 9.17) is 0 Å². The molecule has 0 N–H and O–H groups in total. The van der Waals surface area contributed by atoms with E-state index in [2.05, 4.69) is 0 Å². The summed E-state index contributed by atoms with van der Waals surface area (Å²) in [6.45, 7) is 4.38. The normalized spacial score (nSPS) is 18.2. The van der Waals surface area contributed by atoms with Gasteiger partial charge >= 0.3 is 0 Å². The highest BCUT2D eigenvalue weighted by molar-refractivity contribution is 5.98. The van der Waals surface area contributed by atoms with Crippen LogP contribution in [0.25, 0.3) is 0 Å². The Morgan fingerprint density at radius 2 is 1.46 bits per heavy atom. The van der Waals surface area contributed by atoms with E-state index in [0.29, 0.717) is 31.7 Å². The van der Waals surface area contributed by atoms with Crippen LogP contribution in [-0.2, 0) is 9.59 Å². The summed E-state index contributed by atoms with van der Waals surface area (Å²) >= 11 is 0. The molecule has 0 atom stereocenters. The number of rotatable bonds is 5. The van der Waals surface area contributed by atoms with Crippen LogP contribution in [0.5, 0.6) is 0 Å². The molecule has 1 heterocycles. The van der Waals surface area contributed by atoms with Crippen molar-refractivity contribution in [3.8, 4) is 0 Å². The molecule has 0 spiro atoms. The highest BCUT2D eigenvalue weighted by Gasteiger charge is 2.30. The highest BCUT2D eigenvalue weighted by atomic mass is 16.2. The molecule has 5 heteroatoms. The number of ketones is 1. The SMILES string of the molecule is Cc1ccc(C(=O)CCC(=O)N2CCN(C(=O)C3CCCC3)CC2)cc1. The molecule has 26 heavy (non-hydrogen) atoms. The molecular formula is C21H28N2O3. The van der Waals surface area contributed by atoms with Gasteiger partial charge in [0, 0.05) is 50.5 Å². The van der Waals surface area contributed by atoms with E-state index in [9.17, 15) is 14.4 Å². The van der Waals surface area contributed by atoms with Crippen LogP contribution in [-0.4, -0.2) is 53.6 Å². The number of nitrogens with zero attached hydrogens (tertiary/aromatic N) is 2. The topological polar surface area (TPSA) is 57.7 Å². The Hall–Kier alpha value is -2.17. The standard InChI is InChI=1S/C21H28N2O3/c1-16-6-8-17(9-7-16)19(24)10-11-20(25)22-12-14-23(15-13-22)21(26)18-4-2-3-5-18/h6-9,18H,2-5,10-15H2,1H3. The Kier molecular flexibility index (Phi) is 6.07. The second kappa shape index (κ2) is 8.47. The molecule has 1 aliphatic heterocycles. The van der Waals surface area contributed by atoms with Crippen molar-refractivity contribution in [3.05, 3.63) is 35.4 Å². The maximum atomic E-state index is 12.5. The van der Waals surface area contributed by atoms with E-state index in [0.717, 1.165) is 31.2 Å². The number of piperazine rings is 1. The summed E-state index contributed by atoms with van der Waals surface area (Å²) in [6.07, 6.45) is 4.82. The third-order valence-corrected chi connectivity index (χ3v) is 5.59. The second-order valence-corrected chi connectivity index (χ2v) is 7.48. The maximum Gasteiger partial charge on any atom is 0.225 e. The van der Waals surface area contributed by atoms with Crippen LogP contribution in [0.1, 0.15) is 54.4 Å². The lowest BCUT2D eigenvalue weighted by Gasteiger charge is -2.36. The molecule has 0 bridgehead atoms. The predicted molar refractivity (Wildman–Crippen MR) is 99.9 cm³/mol. The summed E-state index contributed by atoms with van der Waals surface area (Å²) in [4.78, 5) is 40.8. The van der Waals surface area contributed by atoms with Crippen molar-refractivity contribution in [3.63, 3.8) is 0 Å². The number of carbonyl (C=O) groups is 3. The first-order valence-electron chi connectivity index (χ1n) is 9.71. The summed E-state index contributed by atoms with van der Waals surface area (Å²) in [5.74, 6) is 0.486. The van der Waals surface area contributed by atoms with Crippen LogP contribution < -0.4 is 0 Å². The minimum Gasteiger partial charge on any atom is -0.339 e. The molecule has 0 aromatic heterocycles. The van der Waals surface area contributed by atoms with E-state index in [1.54, 1.807) is 4.90 Å². The largest absolute Gasteiger partial charge is 0.339 e. The van der Waals surface area contributed by atoms with E-state index < -0.39 is 0 Å².